The molecule has 0 aromatic carbocycles. The van der Waals surface area contributed by atoms with Crippen molar-refractivity contribution in [3.63, 3.8) is 0 Å². The highest BCUT2D eigenvalue weighted by atomic mass is 32.2. The van der Waals surface area contributed by atoms with Crippen molar-refractivity contribution >= 4 is 33.7 Å². The van der Waals surface area contributed by atoms with Gasteiger partial charge in [0.25, 0.3) is 0 Å². The normalized spacial score (nSPS) is 15.2. The summed E-state index contributed by atoms with van der Waals surface area (Å²) in [7, 11) is -0.627. The maximum Gasteiger partial charge on any atom is 0.324 e. The quantitative estimate of drug-likeness (QED) is 0.754. The maximum atomic E-state index is 11.9. The van der Waals surface area contributed by atoms with Crippen molar-refractivity contribution in [3.05, 3.63) is 18.3 Å². The van der Waals surface area contributed by atoms with E-state index in [1.165, 1.54) is 26.4 Å². The van der Waals surface area contributed by atoms with Crippen LogP contribution in [0.3, 0.4) is 0 Å². The smallest absolute Gasteiger partial charge is 0.324 e. The van der Waals surface area contributed by atoms with Crippen LogP contribution in [0.2, 0.25) is 0 Å². The van der Waals surface area contributed by atoms with Crippen LogP contribution in [-0.2, 0) is 14.8 Å². The second-order valence-electron chi connectivity index (χ2n) is 4.69. The van der Waals surface area contributed by atoms with Gasteiger partial charge in [-0.25, -0.2) is 22.5 Å². The number of thioether (sulfide) groups is 1. The van der Waals surface area contributed by atoms with E-state index < -0.39 is 10.0 Å². The predicted octanol–water partition coefficient (Wildman–Crippen LogP) is -0.0242. The zero-order valence-electron chi connectivity index (χ0n) is 12.1. The lowest BCUT2D eigenvalue weighted by Gasteiger charge is -2.12. The molecule has 0 unspecified atom stereocenters. The average Bonchev–Trinajstić information content (AvgIpc) is 2.91. The fourth-order valence-corrected chi connectivity index (χ4v) is 3.30. The number of imide groups is 1. The molecule has 2 heterocycles. The predicted molar refractivity (Wildman–Crippen MR) is 80.9 cm³/mol. The molecule has 1 aliphatic heterocycles. The Morgan fingerprint density at radius 2 is 2.18 bits per heavy atom. The summed E-state index contributed by atoms with van der Waals surface area (Å²) in [5.41, 5.74) is 0. The van der Waals surface area contributed by atoms with Gasteiger partial charge in [0.1, 0.15) is 4.90 Å². The summed E-state index contributed by atoms with van der Waals surface area (Å²) >= 11 is 1.15. The van der Waals surface area contributed by atoms with E-state index in [-0.39, 0.29) is 22.6 Å². The number of carbonyl (C=O) groups is 2. The molecular formula is C12H16N4O4S2. The summed E-state index contributed by atoms with van der Waals surface area (Å²) in [5.74, 6) is -0.230. The third kappa shape index (κ3) is 3.57. The van der Waals surface area contributed by atoms with Gasteiger partial charge in [0.05, 0.1) is 10.8 Å². The van der Waals surface area contributed by atoms with Gasteiger partial charge < -0.3 is 5.32 Å². The van der Waals surface area contributed by atoms with Crippen LogP contribution in [0.1, 0.15) is 0 Å². The lowest BCUT2D eigenvalue weighted by molar-refractivity contribution is -0.124. The number of carbonyl (C=O) groups excluding carboxylic acids is 2. The molecule has 22 heavy (non-hydrogen) atoms. The molecule has 120 valence electrons. The highest BCUT2D eigenvalue weighted by Gasteiger charge is 2.26. The second kappa shape index (κ2) is 6.63. The van der Waals surface area contributed by atoms with Crippen molar-refractivity contribution in [1.29, 1.82) is 0 Å². The van der Waals surface area contributed by atoms with E-state index in [9.17, 15) is 18.0 Å². The topological polar surface area (TPSA) is 99.7 Å². The first-order chi connectivity index (χ1) is 10.3. The molecule has 10 heteroatoms. The van der Waals surface area contributed by atoms with E-state index in [0.717, 1.165) is 21.0 Å². The number of aromatic nitrogens is 1. The molecule has 2 rings (SSSR count). The minimum absolute atomic E-state index is 0.0696. The number of pyridine rings is 1. The molecule has 1 N–H and O–H groups in total. The van der Waals surface area contributed by atoms with Gasteiger partial charge in [0, 0.05) is 33.4 Å². The molecule has 0 spiro atoms. The first kappa shape index (κ1) is 16.7. The van der Waals surface area contributed by atoms with Crippen LogP contribution in [0.25, 0.3) is 0 Å². The molecule has 1 aliphatic rings. The first-order valence-corrected chi connectivity index (χ1v) is 8.84. The van der Waals surface area contributed by atoms with Gasteiger partial charge in [0.15, 0.2) is 0 Å². The molecule has 1 saturated heterocycles. The number of rotatable bonds is 5. The van der Waals surface area contributed by atoms with Crippen molar-refractivity contribution in [1.82, 2.24) is 19.5 Å². The molecule has 0 saturated carbocycles. The second-order valence-corrected chi connectivity index (χ2v) is 7.83. The number of hydrogen-bond acceptors (Lipinski definition) is 6. The Hall–Kier alpha value is -1.65. The monoisotopic (exact) mass is 344 g/mol. The van der Waals surface area contributed by atoms with Gasteiger partial charge >= 0.3 is 6.03 Å². The Labute approximate surface area is 132 Å². The van der Waals surface area contributed by atoms with E-state index in [2.05, 4.69) is 10.3 Å². The van der Waals surface area contributed by atoms with Gasteiger partial charge in [-0.3, -0.25) is 9.69 Å². The molecule has 3 amide bonds. The van der Waals surface area contributed by atoms with Gasteiger partial charge in [-0.15, -0.1) is 0 Å². The third-order valence-electron chi connectivity index (χ3n) is 2.99. The Balaban J connectivity index is 1.97. The fraction of sp³-hybridized carbons (Fsp3) is 0.417. The van der Waals surface area contributed by atoms with Crippen molar-refractivity contribution in [2.45, 2.75) is 9.92 Å². The van der Waals surface area contributed by atoms with Gasteiger partial charge in [-0.1, -0.05) is 11.8 Å². The number of nitrogens with one attached hydrogen (secondary N) is 1. The molecule has 1 aromatic rings. The maximum absolute atomic E-state index is 11.9. The van der Waals surface area contributed by atoms with Crippen LogP contribution in [-0.4, -0.2) is 67.5 Å². The number of urea groups is 1. The Morgan fingerprint density at radius 3 is 2.68 bits per heavy atom. The van der Waals surface area contributed by atoms with Crippen LogP contribution >= 0.6 is 11.8 Å². The molecule has 1 fully saturated rings. The van der Waals surface area contributed by atoms with Gasteiger partial charge in [0.2, 0.25) is 15.9 Å². The van der Waals surface area contributed by atoms with Gasteiger partial charge in [-0.2, -0.15) is 0 Å². The number of nitrogens with zero attached hydrogens (tertiary/aromatic N) is 3. The Kier molecular flexibility index (Phi) is 5.04. The van der Waals surface area contributed by atoms with Crippen molar-refractivity contribution in [2.75, 3.05) is 32.9 Å². The zero-order chi connectivity index (χ0) is 16.3. The van der Waals surface area contributed by atoms with Crippen molar-refractivity contribution in [3.8, 4) is 0 Å². The molecule has 0 atom stereocenters. The zero-order valence-corrected chi connectivity index (χ0v) is 13.8. The first-order valence-electron chi connectivity index (χ1n) is 6.42. The molecule has 0 radical (unpaired) electrons. The highest BCUT2D eigenvalue weighted by Crippen LogP contribution is 2.19. The Morgan fingerprint density at radius 1 is 1.45 bits per heavy atom. The summed E-state index contributed by atoms with van der Waals surface area (Å²) in [6.07, 6.45) is 1.25. The number of sulfonamides is 1. The summed E-state index contributed by atoms with van der Waals surface area (Å²) in [5, 5.41) is 3.07. The van der Waals surface area contributed by atoms with Crippen LogP contribution in [0.5, 0.6) is 0 Å². The minimum Gasteiger partial charge on any atom is -0.336 e. The fourth-order valence-electron chi connectivity index (χ4n) is 1.74. The molecule has 0 bridgehead atoms. The van der Waals surface area contributed by atoms with Crippen LogP contribution in [0.15, 0.2) is 28.3 Å². The van der Waals surface area contributed by atoms with E-state index in [1.54, 1.807) is 6.07 Å². The third-order valence-corrected chi connectivity index (χ3v) is 5.72. The number of hydrogen-bond donors (Lipinski definition) is 1. The van der Waals surface area contributed by atoms with Gasteiger partial charge in [-0.05, 0) is 12.1 Å². The van der Waals surface area contributed by atoms with E-state index >= 15 is 0 Å². The van der Waals surface area contributed by atoms with Crippen molar-refractivity contribution in [2.24, 2.45) is 0 Å². The molecule has 8 nitrogen and oxygen atoms in total. The summed E-state index contributed by atoms with van der Waals surface area (Å²) in [6, 6.07) is 2.60. The largest absolute Gasteiger partial charge is 0.336 e. The molecular weight excluding hydrogens is 328 g/mol. The lowest BCUT2D eigenvalue weighted by atomic mass is 10.5. The van der Waals surface area contributed by atoms with E-state index in [4.69, 9.17) is 0 Å². The lowest BCUT2D eigenvalue weighted by Crippen LogP contribution is -2.35. The SMILES string of the molecule is CN(C)S(=O)(=O)c1ccc(SCC(=O)N2CCNC2=O)nc1. The van der Waals surface area contributed by atoms with E-state index in [0.29, 0.717) is 18.1 Å². The van der Waals surface area contributed by atoms with Crippen LogP contribution in [0.4, 0.5) is 4.79 Å². The molecule has 1 aromatic heterocycles. The van der Waals surface area contributed by atoms with Crippen LogP contribution in [0, 0.1) is 0 Å². The van der Waals surface area contributed by atoms with Crippen molar-refractivity contribution < 1.29 is 18.0 Å². The summed E-state index contributed by atoms with van der Waals surface area (Å²) in [4.78, 5) is 28.5. The number of amides is 3. The highest BCUT2D eigenvalue weighted by molar-refractivity contribution is 7.99. The van der Waals surface area contributed by atoms with Crippen LogP contribution < -0.4 is 5.32 Å². The molecule has 0 aliphatic carbocycles. The van der Waals surface area contributed by atoms with E-state index in [1.807, 2.05) is 0 Å². The summed E-state index contributed by atoms with van der Waals surface area (Å²) in [6.45, 7) is 0.830. The summed E-state index contributed by atoms with van der Waals surface area (Å²) < 4.78 is 24.9. The standard InChI is InChI=1S/C12H16N4O4S2/c1-15(2)22(19,20)9-3-4-10(14-7-9)21-8-11(17)16-6-5-13-12(16)18/h3-4,7H,5-6,8H2,1-2H3,(H,13,18). The average molecular weight is 344 g/mol. The minimum atomic E-state index is -3.51. The Bertz CT molecular complexity index is 673.